The molecular weight excluding hydrogens is 220 g/mol. The van der Waals surface area contributed by atoms with Gasteiger partial charge in [-0.25, -0.2) is 0 Å². The molecule has 0 aromatic rings. The largest absolute Gasteiger partial charge is 0.481 e. The van der Waals surface area contributed by atoms with Crippen molar-refractivity contribution < 1.29 is 19.4 Å². The van der Waals surface area contributed by atoms with Gasteiger partial charge in [0.1, 0.15) is 0 Å². The van der Waals surface area contributed by atoms with Crippen LogP contribution in [0.1, 0.15) is 65.2 Å². The second-order valence-corrected chi connectivity index (χ2v) is 4.55. The average Bonchev–Trinajstić information content (AvgIpc) is 2.20. The average molecular weight is 244 g/mol. The summed E-state index contributed by atoms with van der Waals surface area (Å²) in [6.07, 6.45) is 6.44. The van der Waals surface area contributed by atoms with Crippen LogP contribution < -0.4 is 0 Å². The summed E-state index contributed by atoms with van der Waals surface area (Å²) in [5.74, 6) is -0.840. The van der Waals surface area contributed by atoms with Crippen LogP contribution in [0.4, 0.5) is 0 Å². The lowest BCUT2D eigenvalue weighted by molar-refractivity contribution is -0.147. The molecule has 0 aliphatic rings. The highest BCUT2D eigenvalue weighted by Crippen LogP contribution is 2.09. The standard InChI is InChI=1S/C13H24O4/c1-11(2)17-13(16)10-8-6-4-3-5-7-9-12(14)15/h11H,3-10H2,1-2H3,(H,14,15). The number of hydrogen-bond acceptors (Lipinski definition) is 3. The second kappa shape index (κ2) is 10.1. The number of unbranched alkanes of at least 4 members (excludes halogenated alkanes) is 5. The topological polar surface area (TPSA) is 63.6 Å². The highest BCUT2D eigenvalue weighted by Gasteiger charge is 2.04. The molecule has 0 unspecified atom stereocenters. The lowest BCUT2D eigenvalue weighted by Gasteiger charge is -2.07. The number of rotatable bonds is 10. The summed E-state index contributed by atoms with van der Waals surface area (Å²) in [5, 5.41) is 8.44. The van der Waals surface area contributed by atoms with Gasteiger partial charge in [-0.1, -0.05) is 25.7 Å². The summed E-state index contributed by atoms with van der Waals surface area (Å²) in [6.45, 7) is 3.70. The first kappa shape index (κ1) is 15.9. The van der Waals surface area contributed by atoms with Crippen molar-refractivity contribution >= 4 is 11.9 Å². The number of carboxylic acid groups (broad SMARTS) is 1. The van der Waals surface area contributed by atoms with Crippen LogP contribution >= 0.6 is 0 Å². The fourth-order valence-electron chi connectivity index (χ4n) is 1.57. The molecule has 1 N–H and O–H groups in total. The molecule has 0 saturated carbocycles. The van der Waals surface area contributed by atoms with Crippen LogP contribution in [0.25, 0.3) is 0 Å². The van der Waals surface area contributed by atoms with E-state index in [-0.39, 0.29) is 18.5 Å². The maximum absolute atomic E-state index is 11.2. The Labute approximate surface area is 103 Å². The lowest BCUT2D eigenvalue weighted by Crippen LogP contribution is -2.10. The Balaban J connectivity index is 3.18. The zero-order valence-corrected chi connectivity index (χ0v) is 10.9. The fraction of sp³-hybridized carbons (Fsp3) is 0.846. The van der Waals surface area contributed by atoms with E-state index >= 15 is 0 Å². The number of carboxylic acids is 1. The van der Waals surface area contributed by atoms with Gasteiger partial charge in [-0.3, -0.25) is 9.59 Å². The Morgan fingerprint density at radius 2 is 1.41 bits per heavy atom. The van der Waals surface area contributed by atoms with Crippen LogP contribution in [-0.2, 0) is 14.3 Å². The zero-order chi connectivity index (χ0) is 13.1. The molecule has 0 aliphatic heterocycles. The second-order valence-electron chi connectivity index (χ2n) is 4.55. The Hall–Kier alpha value is -1.06. The van der Waals surface area contributed by atoms with Gasteiger partial charge < -0.3 is 9.84 Å². The van der Waals surface area contributed by atoms with Crippen molar-refractivity contribution in [1.82, 2.24) is 0 Å². The molecule has 0 aliphatic carbocycles. The third kappa shape index (κ3) is 12.9. The van der Waals surface area contributed by atoms with E-state index in [4.69, 9.17) is 9.84 Å². The molecule has 0 rings (SSSR count). The Bertz CT molecular complexity index is 223. The molecule has 100 valence electrons. The molecule has 4 heteroatoms. The van der Waals surface area contributed by atoms with Crippen molar-refractivity contribution in [3.8, 4) is 0 Å². The minimum Gasteiger partial charge on any atom is -0.481 e. The van der Waals surface area contributed by atoms with E-state index in [0.717, 1.165) is 38.5 Å². The smallest absolute Gasteiger partial charge is 0.306 e. The quantitative estimate of drug-likeness (QED) is 0.473. The summed E-state index contributed by atoms with van der Waals surface area (Å²) < 4.78 is 5.02. The van der Waals surface area contributed by atoms with E-state index in [0.29, 0.717) is 6.42 Å². The first-order valence-electron chi connectivity index (χ1n) is 6.43. The molecule has 0 saturated heterocycles. The third-order valence-electron chi connectivity index (χ3n) is 2.39. The maximum atomic E-state index is 11.2. The first-order valence-corrected chi connectivity index (χ1v) is 6.43. The normalized spacial score (nSPS) is 10.5. The maximum Gasteiger partial charge on any atom is 0.306 e. The molecule has 4 nitrogen and oxygen atoms in total. The summed E-state index contributed by atoms with van der Waals surface area (Å²) in [7, 11) is 0. The van der Waals surface area contributed by atoms with Gasteiger partial charge in [0.15, 0.2) is 0 Å². The van der Waals surface area contributed by atoms with Gasteiger partial charge in [0.2, 0.25) is 0 Å². The summed E-state index contributed by atoms with van der Waals surface area (Å²) >= 11 is 0. The molecule has 0 heterocycles. The predicted octanol–water partition coefficient (Wildman–Crippen LogP) is 3.14. The lowest BCUT2D eigenvalue weighted by atomic mass is 10.1. The van der Waals surface area contributed by atoms with Crippen LogP contribution in [0, 0.1) is 0 Å². The van der Waals surface area contributed by atoms with Crippen molar-refractivity contribution in [2.75, 3.05) is 0 Å². The van der Waals surface area contributed by atoms with Crippen molar-refractivity contribution in [3.05, 3.63) is 0 Å². The molecule has 0 aromatic heterocycles. The van der Waals surface area contributed by atoms with Gasteiger partial charge in [-0.2, -0.15) is 0 Å². The number of hydrogen-bond donors (Lipinski definition) is 1. The molecule has 17 heavy (non-hydrogen) atoms. The van der Waals surface area contributed by atoms with Crippen molar-refractivity contribution in [1.29, 1.82) is 0 Å². The van der Waals surface area contributed by atoms with E-state index in [9.17, 15) is 9.59 Å². The molecule has 0 spiro atoms. The van der Waals surface area contributed by atoms with Gasteiger partial charge in [0, 0.05) is 12.8 Å². The molecule has 0 amide bonds. The Morgan fingerprint density at radius 1 is 0.941 bits per heavy atom. The van der Waals surface area contributed by atoms with Gasteiger partial charge in [-0.05, 0) is 26.7 Å². The molecular formula is C13H24O4. The van der Waals surface area contributed by atoms with Gasteiger partial charge in [0.05, 0.1) is 6.10 Å². The van der Waals surface area contributed by atoms with Crippen LogP contribution in [0.15, 0.2) is 0 Å². The van der Waals surface area contributed by atoms with Crippen LogP contribution in [0.3, 0.4) is 0 Å². The van der Waals surface area contributed by atoms with Crippen molar-refractivity contribution in [3.63, 3.8) is 0 Å². The molecule has 0 fully saturated rings. The zero-order valence-electron chi connectivity index (χ0n) is 10.9. The Morgan fingerprint density at radius 3 is 1.88 bits per heavy atom. The summed E-state index contributed by atoms with van der Waals surface area (Å²) in [6, 6.07) is 0. The number of ether oxygens (including phenoxy) is 1. The first-order chi connectivity index (χ1) is 8.02. The number of carbonyl (C=O) groups is 2. The molecule has 0 bridgehead atoms. The minimum absolute atomic E-state index is 0.0291. The van der Waals surface area contributed by atoms with Crippen LogP contribution in [0.5, 0.6) is 0 Å². The highest BCUT2D eigenvalue weighted by molar-refractivity contribution is 5.69. The molecule has 0 atom stereocenters. The highest BCUT2D eigenvalue weighted by atomic mass is 16.5. The van der Waals surface area contributed by atoms with Crippen molar-refractivity contribution in [2.24, 2.45) is 0 Å². The third-order valence-corrected chi connectivity index (χ3v) is 2.39. The van der Waals surface area contributed by atoms with Gasteiger partial charge in [0.25, 0.3) is 0 Å². The van der Waals surface area contributed by atoms with E-state index in [1.807, 2.05) is 13.8 Å². The molecule has 0 radical (unpaired) electrons. The number of esters is 1. The predicted molar refractivity (Wildman–Crippen MR) is 65.8 cm³/mol. The summed E-state index contributed by atoms with van der Waals surface area (Å²) in [5.41, 5.74) is 0. The number of aliphatic carboxylic acids is 1. The van der Waals surface area contributed by atoms with E-state index in [1.165, 1.54) is 0 Å². The monoisotopic (exact) mass is 244 g/mol. The molecule has 0 aromatic carbocycles. The van der Waals surface area contributed by atoms with Crippen molar-refractivity contribution in [2.45, 2.75) is 71.3 Å². The minimum atomic E-state index is -0.721. The van der Waals surface area contributed by atoms with Gasteiger partial charge in [-0.15, -0.1) is 0 Å². The van der Waals surface area contributed by atoms with Crippen LogP contribution in [-0.4, -0.2) is 23.1 Å². The SMILES string of the molecule is CC(C)OC(=O)CCCCCCCCC(=O)O. The van der Waals surface area contributed by atoms with Crippen LogP contribution in [0.2, 0.25) is 0 Å². The fourth-order valence-corrected chi connectivity index (χ4v) is 1.57. The van der Waals surface area contributed by atoms with E-state index < -0.39 is 5.97 Å². The summed E-state index contributed by atoms with van der Waals surface area (Å²) in [4.78, 5) is 21.4. The number of carbonyl (C=O) groups excluding carboxylic acids is 1. The van der Waals surface area contributed by atoms with E-state index in [1.54, 1.807) is 0 Å². The van der Waals surface area contributed by atoms with Gasteiger partial charge >= 0.3 is 11.9 Å². The van der Waals surface area contributed by atoms with E-state index in [2.05, 4.69) is 0 Å². The Kier molecular flexibility index (Phi) is 9.49.